The number of carboxylic acid groups (broad SMARTS) is 2. The first kappa shape index (κ1) is 91.7. The molecule has 1 aliphatic heterocycles. The van der Waals surface area contributed by atoms with E-state index >= 15 is 0 Å². The van der Waals surface area contributed by atoms with Gasteiger partial charge in [0.25, 0.3) is 11.8 Å². The molecule has 0 radical (unpaired) electrons. The van der Waals surface area contributed by atoms with E-state index in [2.05, 4.69) is 140 Å². The molecule has 17 rings (SSSR count). The maximum Gasteiger partial charge on any atom is 0.495 e. The lowest BCUT2D eigenvalue weighted by molar-refractivity contribution is 0.00578. The van der Waals surface area contributed by atoms with Crippen molar-refractivity contribution in [3.05, 3.63) is 281 Å². The van der Waals surface area contributed by atoms with Crippen molar-refractivity contribution in [2.24, 2.45) is 5.73 Å². The molecule has 126 heavy (non-hydrogen) atoms. The molecule has 10 N–H and O–H groups in total. The fraction of sp³-hybridized carbons (Fsp3) is 0.269. The SMILES string of the molecule is CC(C)Nc1nnc(-c2ccc3c(c2)C(B2OC(C)(C)C(C)(C)O2)=CC3)o1.CC(C)Nc1nnc(-c2ccc3c(c2)C(c2cc(C(=O)O)ccc2F)=CC3)o1.CN.CNC(=O)c1ccc(F)c(C2=CCc3ccc(-c4nnc(NC(C)C)o4)cc32)c1.CNC(=O)c1ccc(F)c(C2=CCc3ccc(-c4nnc(NC(C)C)o4)cc32)c1.O=C(O)c1ccc(F)c(Br)c1. The summed E-state index contributed by atoms with van der Waals surface area (Å²) in [6, 6.07) is 41.9. The van der Waals surface area contributed by atoms with Crippen molar-refractivity contribution in [2.75, 3.05) is 42.4 Å². The van der Waals surface area contributed by atoms with E-state index in [0.717, 1.165) is 84.7 Å². The fourth-order valence-corrected chi connectivity index (χ4v) is 14.3. The average molecular weight is 1780 g/mol. The summed E-state index contributed by atoms with van der Waals surface area (Å²) in [4.78, 5) is 45.5. The summed E-state index contributed by atoms with van der Waals surface area (Å²) in [6.45, 7) is 24.2. The van der Waals surface area contributed by atoms with Crippen LogP contribution in [0.2, 0.25) is 0 Å². The Morgan fingerprint density at radius 3 is 0.960 bits per heavy atom. The zero-order chi connectivity index (χ0) is 90.8. The molecule has 4 aliphatic carbocycles. The Morgan fingerprint density at radius 1 is 0.381 bits per heavy atom. The predicted octanol–water partition coefficient (Wildman–Crippen LogP) is 18.5. The molecule has 0 atom stereocenters. The van der Waals surface area contributed by atoms with Crippen LogP contribution in [0.15, 0.2) is 192 Å². The highest BCUT2D eigenvalue weighted by Gasteiger charge is 2.53. The number of nitrogens with two attached hydrogens (primary N) is 1. The number of halogens is 5. The molecule has 5 heterocycles. The Balaban J connectivity index is 0.000000146. The van der Waals surface area contributed by atoms with Crippen LogP contribution in [0.4, 0.5) is 41.6 Å². The van der Waals surface area contributed by atoms with Gasteiger partial charge in [-0.15, -0.1) is 20.4 Å². The number of carbonyl (C=O) groups excluding carboxylic acids is 2. The molecule has 12 aromatic rings. The number of benzene rings is 8. The van der Waals surface area contributed by atoms with Crippen molar-refractivity contribution >= 4 is 93.1 Å². The van der Waals surface area contributed by atoms with Crippen LogP contribution in [0.25, 0.3) is 68.0 Å². The fourth-order valence-electron chi connectivity index (χ4n) is 13.9. The van der Waals surface area contributed by atoms with Crippen LogP contribution in [0.5, 0.6) is 0 Å². The number of rotatable bonds is 20. The minimum absolute atomic E-state index is 0.0446. The van der Waals surface area contributed by atoms with Crippen LogP contribution in [0, 0.1) is 23.3 Å². The maximum atomic E-state index is 14.6. The first-order chi connectivity index (χ1) is 60.1. The number of amides is 2. The summed E-state index contributed by atoms with van der Waals surface area (Å²) in [5.74, 6) is -2.70. The number of nitrogens with zero attached hydrogens (tertiary/aromatic N) is 8. The number of carbonyl (C=O) groups is 4. The van der Waals surface area contributed by atoms with E-state index in [4.69, 9.17) is 32.1 Å². The zero-order valence-electron chi connectivity index (χ0n) is 71.9. The zero-order valence-corrected chi connectivity index (χ0v) is 73.5. The monoisotopic (exact) mass is 1780 g/mol. The third kappa shape index (κ3) is 21.3. The Bertz CT molecular complexity index is 6020. The van der Waals surface area contributed by atoms with Gasteiger partial charge in [0.1, 0.15) is 23.3 Å². The molecule has 27 nitrogen and oxygen atoms in total. The Kier molecular flexibility index (Phi) is 28.8. The van der Waals surface area contributed by atoms with Crippen molar-refractivity contribution in [1.29, 1.82) is 0 Å². The highest BCUT2D eigenvalue weighted by molar-refractivity contribution is 9.10. The molecule has 5 aliphatic rings. The van der Waals surface area contributed by atoms with Crippen molar-refractivity contribution in [2.45, 2.75) is 144 Å². The third-order valence-corrected chi connectivity index (χ3v) is 21.4. The molecule has 1 saturated heterocycles. The van der Waals surface area contributed by atoms with Crippen LogP contribution in [0.3, 0.4) is 0 Å². The van der Waals surface area contributed by atoms with Crippen LogP contribution in [0.1, 0.15) is 186 Å². The summed E-state index contributed by atoms with van der Waals surface area (Å²) in [5.41, 5.74) is 20.3. The van der Waals surface area contributed by atoms with Crippen molar-refractivity contribution in [3.8, 4) is 45.8 Å². The van der Waals surface area contributed by atoms with Gasteiger partial charge in [0, 0.05) is 88.3 Å². The molecule has 0 spiro atoms. The Morgan fingerprint density at radius 2 is 0.659 bits per heavy atom. The van der Waals surface area contributed by atoms with E-state index in [1.165, 1.54) is 67.2 Å². The lowest BCUT2D eigenvalue weighted by Crippen LogP contribution is -2.41. The van der Waals surface area contributed by atoms with Gasteiger partial charge in [-0.25, -0.2) is 27.2 Å². The number of fused-ring (bicyclic) bond motifs is 4. The standard InChI is InChI=1S/2C22H21FN4O2.C21H18FN3O3.C20H26BN3O3.C7H4BrFO2.CH5N/c2*1-12(2)25-22-27-26-21(29-22)15-5-4-13-6-8-16(17(13)11-15)18-10-14(20(28)24-3)7-9-19(18)23;1-11(2)23-21-25-24-19(28-21)13-4-3-12-5-7-15(16(12)9-13)17-10-14(20(26)27)6-8-18(17)22;1-12(2)22-18-24-23-17(25-18)14-8-7-13-9-10-16(15(13)11-14)21-26-19(3,4)20(5,6)27-21;8-5-3-4(7(10)11)1-2-6(5)9;1-2/h2*4-5,7-12H,6H2,1-3H3,(H,24,28)(H,25,27);3-4,6-11H,5H2,1-2H3,(H,23,25)(H,26,27);7-8,10-12H,9H2,1-6H3,(H,22,24);1-3H,(H,10,11);2H2,1H3. The van der Waals surface area contributed by atoms with E-state index in [1.54, 1.807) is 26.2 Å². The Hall–Kier alpha value is -13.5. The van der Waals surface area contributed by atoms with Crippen LogP contribution in [-0.2, 0) is 35.0 Å². The van der Waals surface area contributed by atoms with E-state index in [9.17, 15) is 41.8 Å². The van der Waals surface area contributed by atoms with Crippen molar-refractivity contribution < 1.29 is 73.9 Å². The number of allylic oxidation sites excluding steroid dienone is 4. The predicted molar refractivity (Wildman–Crippen MR) is 478 cm³/mol. The number of hydrogen-bond donors (Lipinski definition) is 9. The lowest BCUT2D eigenvalue weighted by atomic mass is 9.75. The van der Waals surface area contributed by atoms with E-state index in [0.29, 0.717) is 100 Å². The molecular formula is C93H95BBrF4N15O12. The largest absolute Gasteiger partial charge is 0.495 e. The molecule has 8 aromatic carbocycles. The normalized spacial score (nSPS) is 13.9. The summed E-state index contributed by atoms with van der Waals surface area (Å²) in [5, 5.41) is 67.7. The second-order valence-electron chi connectivity index (χ2n) is 31.7. The van der Waals surface area contributed by atoms with Gasteiger partial charge in [-0.2, -0.15) is 0 Å². The number of nitrogens with one attached hydrogen (secondary N) is 6. The number of carboxylic acids is 2. The second kappa shape index (κ2) is 39.6. The first-order valence-electron chi connectivity index (χ1n) is 40.6. The summed E-state index contributed by atoms with van der Waals surface area (Å²) in [6.07, 6.45) is 10.9. The molecular weight excluding hydrogens is 1690 g/mol. The van der Waals surface area contributed by atoms with Gasteiger partial charge < -0.3 is 74.8 Å². The number of anilines is 4. The first-order valence-corrected chi connectivity index (χ1v) is 41.3. The summed E-state index contributed by atoms with van der Waals surface area (Å²) < 4.78 is 91.6. The van der Waals surface area contributed by atoms with Crippen LogP contribution in [-0.4, -0.2) is 138 Å². The minimum atomic E-state index is -1.09. The maximum absolute atomic E-state index is 14.6. The Labute approximate surface area is 733 Å². The lowest BCUT2D eigenvalue weighted by Gasteiger charge is -2.32. The highest BCUT2D eigenvalue weighted by atomic mass is 79.9. The number of aromatic carboxylic acids is 2. The molecule has 1 fully saturated rings. The molecule has 0 unspecified atom stereocenters. The van der Waals surface area contributed by atoms with Crippen molar-refractivity contribution in [1.82, 2.24) is 51.4 Å². The van der Waals surface area contributed by atoms with E-state index < -0.39 is 23.6 Å². The van der Waals surface area contributed by atoms with Crippen LogP contribution < -0.4 is 37.6 Å². The summed E-state index contributed by atoms with van der Waals surface area (Å²) >= 11 is 2.88. The second-order valence-corrected chi connectivity index (χ2v) is 32.6. The van der Waals surface area contributed by atoms with E-state index in [-0.39, 0.29) is 87.1 Å². The van der Waals surface area contributed by atoms with Gasteiger partial charge in [0.05, 0.1) is 26.8 Å². The van der Waals surface area contributed by atoms with Gasteiger partial charge in [-0.1, -0.05) is 69.0 Å². The minimum Gasteiger partial charge on any atom is -0.478 e. The third-order valence-electron chi connectivity index (χ3n) is 20.7. The molecule has 0 bridgehead atoms. The van der Waals surface area contributed by atoms with Crippen molar-refractivity contribution in [3.63, 3.8) is 0 Å². The van der Waals surface area contributed by atoms with E-state index in [1.807, 2.05) is 134 Å². The molecule has 2 amide bonds. The highest BCUT2D eigenvalue weighted by Crippen LogP contribution is 2.45. The smallest absolute Gasteiger partial charge is 0.478 e. The topological polar surface area (TPSA) is 381 Å². The van der Waals surface area contributed by atoms with Gasteiger partial charge in [0.2, 0.25) is 23.6 Å². The molecule has 4 aromatic heterocycles. The van der Waals surface area contributed by atoms with Gasteiger partial charge >= 0.3 is 43.1 Å². The molecule has 33 heteroatoms. The average Bonchev–Trinajstić information content (AvgIpc) is 1.61. The molecule has 652 valence electrons. The van der Waals surface area contributed by atoms with Crippen LogP contribution >= 0.6 is 15.9 Å². The molecule has 0 saturated carbocycles. The summed E-state index contributed by atoms with van der Waals surface area (Å²) in [7, 11) is 4.23. The quantitative estimate of drug-likeness (QED) is 0.0253. The van der Waals surface area contributed by atoms with Gasteiger partial charge in [-0.05, 0) is 320 Å². The number of hydrogen-bond acceptors (Lipinski definition) is 23. The van der Waals surface area contributed by atoms with Gasteiger partial charge in [-0.3, -0.25) is 9.59 Å². The number of aromatic nitrogens is 8. The van der Waals surface area contributed by atoms with Gasteiger partial charge in [0.15, 0.2) is 0 Å².